The highest BCUT2D eigenvalue weighted by Gasteiger charge is 2.26. The normalized spacial score (nSPS) is 13.1. The molecular formula is C24H26N2O3S2. The molecule has 0 saturated carbocycles. The summed E-state index contributed by atoms with van der Waals surface area (Å²) in [6.07, 6.45) is 4.36. The number of thiophene rings is 1. The number of pyridine rings is 1. The van der Waals surface area contributed by atoms with Crippen molar-refractivity contribution in [3.63, 3.8) is 0 Å². The smallest absolute Gasteiger partial charge is 0.341 e. The van der Waals surface area contributed by atoms with Crippen LogP contribution in [0.5, 0.6) is 0 Å². The maximum atomic E-state index is 12.6. The number of nitrogens with one attached hydrogen (secondary N) is 1. The average Bonchev–Trinajstić information content (AvgIpc) is 3.11. The molecule has 0 fully saturated rings. The largest absolute Gasteiger partial charge is 0.465 e. The van der Waals surface area contributed by atoms with Crippen molar-refractivity contribution >= 4 is 50.9 Å². The number of esters is 1. The first kappa shape index (κ1) is 21.8. The standard InChI is InChI=1S/C24H26N2O3S2/c1-14-7-6-9-16-15(2)13-20(26-22(14)16)30-12-11-19(27)25-23-21(24(28)29-3)17-8-4-5-10-18(17)31-23/h6-7,9,13H,4-5,8,10-12H2,1-3H3,(H,25,27). The first-order valence-electron chi connectivity index (χ1n) is 10.5. The van der Waals surface area contributed by atoms with Crippen LogP contribution in [0.15, 0.2) is 29.3 Å². The van der Waals surface area contributed by atoms with Crippen molar-refractivity contribution < 1.29 is 14.3 Å². The van der Waals surface area contributed by atoms with Gasteiger partial charge >= 0.3 is 5.97 Å². The molecule has 4 rings (SSSR count). The Balaban J connectivity index is 1.43. The number of rotatable bonds is 6. The van der Waals surface area contributed by atoms with E-state index in [4.69, 9.17) is 9.72 Å². The Kier molecular flexibility index (Phi) is 6.62. The molecule has 7 heteroatoms. The highest BCUT2D eigenvalue weighted by molar-refractivity contribution is 7.99. The number of aryl methyl sites for hydroxylation is 3. The molecule has 0 unspecified atom stereocenters. The lowest BCUT2D eigenvalue weighted by atomic mass is 9.95. The van der Waals surface area contributed by atoms with Gasteiger partial charge in [0.2, 0.25) is 5.91 Å². The lowest BCUT2D eigenvalue weighted by Crippen LogP contribution is -2.15. The van der Waals surface area contributed by atoms with Crippen molar-refractivity contribution in [2.24, 2.45) is 0 Å². The topological polar surface area (TPSA) is 68.3 Å². The average molecular weight is 455 g/mol. The molecule has 1 aliphatic carbocycles. The van der Waals surface area contributed by atoms with Gasteiger partial charge in [-0.15, -0.1) is 23.1 Å². The molecule has 0 bridgehead atoms. The Morgan fingerprint density at radius 3 is 2.81 bits per heavy atom. The van der Waals surface area contributed by atoms with Crippen LogP contribution in [0.1, 0.15) is 51.2 Å². The van der Waals surface area contributed by atoms with Gasteiger partial charge in [0.05, 0.1) is 23.2 Å². The molecule has 2 aromatic heterocycles. The third kappa shape index (κ3) is 4.62. The SMILES string of the molecule is COC(=O)c1c(NC(=O)CCSc2cc(C)c3cccc(C)c3n2)sc2c1CCCC2. The molecule has 0 radical (unpaired) electrons. The number of thioether (sulfide) groups is 1. The number of ether oxygens (including phenoxy) is 1. The molecule has 1 amide bonds. The minimum absolute atomic E-state index is 0.0926. The number of benzene rings is 1. The van der Waals surface area contributed by atoms with E-state index in [0.717, 1.165) is 47.4 Å². The first-order chi connectivity index (χ1) is 15.0. The molecule has 1 aromatic carbocycles. The number of para-hydroxylation sites is 1. The van der Waals surface area contributed by atoms with E-state index in [9.17, 15) is 9.59 Å². The Morgan fingerprint density at radius 1 is 1.19 bits per heavy atom. The fourth-order valence-corrected chi connectivity index (χ4v) is 6.22. The van der Waals surface area contributed by atoms with Gasteiger partial charge in [-0.1, -0.05) is 18.2 Å². The number of nitrogens with zero attached hydrogens (tertiary/aromatic N) is 1. The van der Waals surface area contributed by atoms with Crippen molar-refractivity contribution in [2.45, 2.75) is 51.0 Å². The van der Waals surface area contributed by atoms with Crippen LogP contribution in [-0.4, -0.2) is 29.7 Å². The Morgan fingerprint density at radius 2 is 2.00 bits per heavy atom. The third-order valence-electron chi connectivity index (χ3n) is 5.62. The van der Waals surface area contributed by atoms with Crippen molar-refractivity contribution in [1.82, 2.24) is 4.98 Å². The molecular weight excluding hydrogens is 428 g/mol. The monoisotopic (exact) mass is 454 g/mol. The number of carbonyl (C=O) groups excluding carboxylic acids is 2. The second-order valence-electron chi connectivity index (χ2n) is 7.80. The molecule has 1 N–H and O–H groups in total. The van der Waals surface area contributed by atoms with Gasteiger partial charge in [-0.2, -0.15) is 0 Å². The van der Waals surface area contributed by atoms with Gasteiger partial charge in [-0.05, 0) is 62.3 Å². The van der Waals surface area contributed by atoms with Crippen molar-refractivity contribution in [3.05, 3.63) is 51.4 Å². The molecule has 0 atom stereocenters. The van der Waals surface area contributed by atoms with Gasteiger partial charge in [-0.3, -0.25) is 4.79 Å². The molecule has 0 aliphatic heterocycles. The molecule has 2 heterocycles. The lowest BCUT2D eigenvalue weighted by molar-refractivity contribution is -0.115. The summed E-state index contributed by atoms with van der Waals surface area (Å²) in [6, 6.07) is 8.28. The van der Waals surface area contributed by atoms with Crippen LogP contribution in [0.25, 0.3) is 10.9 Å². The number of hydrogen-bond acceptors (Lipinski definition) is 6. The summed E-state index contributed by atoms with van der Waals surface area (Å²) in [5, 5.41) is 5.68. The van der Waals surface area contributed by atoms with E-state index in [1.54, 1.807) is 11.8 Å². The minimum Gasteiger partial charge on any atom is -0.465 e. The fourth-order valence-electron chi connectivity index (χ4n) is 4.01. The Labute approximate surface area is 190 Å². The molecule has 5 nitrogen and oxygen atoms in total. The van der Waals surface area contributed by atoms with Crippen molar-refractivity contribution in [1.29, 1.82) is 0 Å². The number of amides is 1. The summed E-state index contributed by atoms with van der Waals surface area (Å²) in [6.45, 7) is 4.16. The zero-order valence-corrected chi connectivity index (χ0v) is 19.7. The third-order valence-corrected chi connectivity index (χ3v) is 7.74. The molecule has 162 valence electrons. The molecule has 1 aliphatic rings. The predicted octanol–water partition coefficient (Wildman–Crippen LogP) is 5.70. The van der Waals surface area contributed by atoms with E-state index in [2.05, 4.69) is 43.4 Å². The second-order valence-corrected chi connectivity index (χ2v) is 10.0. The molecule has 31 heavy (non-hydrogen) atoms. The number of aromatic nitrogens is 1. The predicted molar refractivity (Wildman–Crippen MR) is 127 cm³/mol. The van der Waals surface area contributed by atoms with Gasteiger partial charge < -0.3 is 10.1 Å². The van der Waals surface area contributed by atoms with E-state index in [1.807, 2.05) is 0 Å². The van der Waals surface area contributed by atoms with Gasteiger partial charge in [0.1, 0.15) is 5.00 Å². The maximum absolute atomic E-state index is 12.6. The summed E-state index contributed by atoms with van der Waals surface area (Å²) in [7, 11) is 1.39. The van der Waals surface area contributed by atoms with Crippen molar-refractivity contribution in [2.75, 3.05) is 18.2 Å². The number of hydrogen-bond donors (Lipinski definition) is 1. The van der Waals surface area contributed by atoms with E-state index in [1.165, 1.54) is 34.3 Å². The summed E-state index contributed by atoms with van der Waals surface area (Å²) < 4.78 is 4.98. The highest BCUT2D eigenvalue weighted by atomic mass is 32.2. The molecule has 0 spiro atoms. The van der Waals surface area contributed by atoms with E-state index in [0.29, 0.717) is 22.7 Å². The quantitative estimate of drug-likeness (QED) is 0.382. The van der Waals surface area contributed by atoms with Crippen LogP contribution in [0, 0.1) is 13.8 Å². The summed E-state index contributed by atoms with van der Waals surface area (Å²) in [5.74, 6) is 0.161. The zero-order valence-electron chi connectivity index (χ0n) is 18.0. The summed E-state index contributed by atoms with van der Waals surface area (Å²) in [4.78, 5) is 30.9. The Hall–Kier alpha value is -2.38. The molecule has 0 saturated heterocycles. The summed E-state index contributed by atoms with van der Waals surface area (Å²) >= 11 is 3.10. The van der Waals surface area contributed by atoms with Crippen LogP contribution < -0.4 is 5.32 Å². The first-order valence-corrected chi connectivity index (χ1v) is 12.3. The molecule has 3 aromatic rings. The van der Waals surface area contributed by atoms with Crippen LogP contribution in [0.4, 0.5) is 5.00 Å². The summed E-state index contributed by atoms with van der Waals surface area (Å²) in [5.41, 5.74) is 4.95. The highest BCUT2D eigenvalue weighted by Crippen LogP contribution is 2.38. The number of fused-ring (bicyclic) bond motifs is 2. The van der Waals surface area contributed by atoms with Gasteiger partial charge in [0, 0.05) is 22.4 Å². The zero-order chi connectivity index (χ0) is 22.0. The second kappa shape index (κ2) is 9.40. The van der Waals surface area contributed by atoms with Crippen LogP contribution in [0.2, 0.25) is 0 Å². The van der Waals surface area contributed by atoms with E-state index >= 15 is 0 Å². The van der Waals surface area contributed by atoms with E-state index in [-0.39, 0.29) is 11.9 Å². The van der Waals surface area contributed by atoms with Gasteiger partial charge in [0.25, 0.3) is 0 Å². The van der Waals surface area contributed by atoms with E-state index < -0.39 is 0 Å². The lowest BCUT2D eigenvalue weighted by Gasteiger charge is -2.11. The fraction of sp³-hybridized carbons (Fsp3) is 0.375. The van der Waals surface area contributed by atoms with Crippen LogP contribution in [-0.2, 0) is 22.4 Å². The van der Waals surface area contributed by atoms with Crippen LogP contribution >= 0.6 is 23.1 Å². The maximum Gasteiger partial charge on any atom is 0.341 e. The Bertz CT molecular complexity index is 1150. The van der Waals surface area contributed by atoms with Crippen LogP contribution in [0.3, 0.4) is 0 Å². The van der Waals surface area contributed by atoms with Gasteiger partial charge in [-0.25, -0.2) is 9.78 Å². The van der Waals surface area contributed by atoms with Gasteiger partial charge in [0.15, 0.2) is 0 Å². The van der Waals surface area contributed by atoms with Crippen molar-refractivity contribution in [3.8, 4) is 0 Å². The minimum atomic E-state index is -0.365. The number of carbonyl (C=O) groups is 2. The number of methoxy groups -OCH3 is 1. The number of anilines is 1.